The molecule has 1 atom stereocenters. The number of carbonyl (C=O) groups excluding carboxylic acids is 1. The van der Waals surface area contributed by atoms with Gasteiger partial charge >= 0.3 is 0 Å². The van der Waals surface area contributed by atoms with Gasteiger partial charge in [0, 0.05) is 32.7 Å². The molecule has 2 saturated heterocycles. The van der Waals surface area contributed by atoms with Crippen molar-refractivity contribution in [3.63, 3.8) is 0 Å². The lowest BCUT2D eigenvalue weighted by Gasteiger charge is -2.36. The molecule has 0 bridgehead atoms. The molecule has 0 saturated carbocycles. The van der Waals surface area contributed by atoms with Gasteiger partial charge in [0.1, 0.15) is 5.75 Å². The summed E-state index contributed by atoms with van der Waals surface area (Å²) in [6, 6.07) is 6.51. The maximum Gasteiger partial charge on any atom is 0.243 e. The molecule has 1 amide bonds. The van der Waals surface area contributed by atoms with Crippen molar-refractivity contribution >= 4 is 15.9 Å². The molecule has 0 N–H and O–H groups in total. The van der Waals surface area contributed by atoms with Gasteiger partial charge in [0.05, 0.1) is 18.0 Å². The van der Waals surface area contributed by atoms with Crippen molar-refractivity contribution < 1.29 is 17.9 Å². The van der Waals surface area contributed by atoms with Gasteiger partial charge < -0.3 is 9.64 Å². The summed E-state index contributed by atoms with van der Waals surface area (Å²) in [6.07, 6.45) is 2.37. The fourth-order valence-electron chi connectivity index (χ4n) is 3.92. The number of hydrogen-bond acceptors (Lipinski definition) is 5. The summed E-state index contributed by atoms with van der Waals surface area (Å²) in [7, 11) is -3.55. The summed E-state index contributed by atoms with van der Waals surface area (Å²) in [5.41, 5.74) is 0. The second kappa shape index (κ2) is 9.24. The van der Waals surface area contributed by atoms with Gasteiger partial charge in [-0.15, -0.1) is 0 Å². The Morgan fingerprint density at radius 2 is 1.79 bits per heavy atom. The Kier molecular flexibility index (Phi) is 6.95. The van der Waals surface area contributed by atoms with Crippen LogP contribution >= 0.6 is 0 Å². The van der Waals surface area contributed by atoms with E-state index in [2.05, 4.69) is 11.8 Å². The molecule has 3 rings (SSSR count). The molecular formula is C20H31N3O4S. The van der Waals surface area contributed by atoms with Crippen molar-refractivity contribution in [2.75, 3.05) is 52.4 Å². The van der Waals surface area contributed by atoms with Crippen LogP contribution in [0.1, 0.15) is 26.7 Å². The predicted molar refractivity (Wildman–Crippen MR) is 108 cm³/mol. The molecule has 1 aromatic carbocycles. The molecule has 28 heavy (non-hydrogen) atoms. The van der Waals surface area contributed by atoms with Gasteiger partial charge in [0.2, 0.25) is 15.9 Å². The van der Waals surface area contributed by atoms with Crippen LogP contribution in [0.25, 0.3) is 0 Å². The normalized spacial score (nSPS) is 22.2. The first-order chi connectivity index (χ1) is 13.4. The van der Waals surface area contributed by atoms with Gasteiger partial charge in [-0.25, -0.2) is 8.42 Å². The number of nitrogens with zero attached hydrogens (tertiary/aromatic N) is 3. The van der Waals surface area contributed by atoms with Crippen LogP contribution in [0, 0.1) is 5.92 Å². The van der Waals surface area contributed by atoms with Crippen LogP contribution in [-0.4, -0.2) is 80.9 Å². The molecule has 0 unspecified atom stereocenters. The molecule has 0 aromatic heterocycles. The minimum Gasteiger partial charge on any atom is -0.494 e. The zero-order valence-corrected chi connectivity index (χ0v) is 17.7. The highest BCUT2D eigenvalue weighted by atomic mass is 32.2. The minimum atomic E-state index is -3.55. The lowest BCUT2D eigenvalue weighted by Crippen LogP contribution is -2.53. The number of sulfonamides is 1. The predicted octanol–water partition coefficient (Wildman–Crippen LogP) is 1.65. The summed E-state index contributed by atoms with van der Waals surface area (Å²) in [4.78, 5) is 16.9. The highest BCUT2D eigenvalue weighted by molar-refractivity contribution is 7.89. The van der Waals surface area contributed by atoms with Crippen molar-refractivity contribution in [3.05, 3.63) is 24.3 Å². The van der Waals surface area contributed by atoms with E-state index in [9.17, 15) is 13.2 Å². The Bertz CT molecular complexity index is 758. The van der Waals surface area contributed by atoms with E-state index in [4.69, 9.17) is 4.74 Å². The summed E-state index contributed by atoms with van der Waals surface area (Å²) in [5.74, 6) is 1.40. The van der Waals surface area contributed by atoms with Crippen molar-refractivity contribution in [1.29, 1.82) is 0 Å². The fraction of sp³-hybridized carbons (Fsp3) is 0.650. The van der Waals surface area contributed by atoms with E-state index in [0.29, 0.717) is 51.0 Å². The van der Waals surface area contributed by atoms with E-state index < -0.39 is 10.0 Å². The molecule has 0 radical (unpaired) electrons. The molecule has 0 spiro atoms. The van der Waals surface area contributed by atoms with Gasteiger partial charge in [-0.3, -0.25) is 9.69 Å². The molecule has 8 heteroatoms. The maximum atomic E-state index is 12.9. The minimum absolute atomic E-state index is 0.104. The number of benzene rings is 1. The van der Waals surface area contributed by atoms with Crippen LogP contribution in [0.5, 0.6) is 5.75 Å². The fourth-order valence-corrected chi connectivity index (χ4v) is 5.35. The first-order valence-corrected chi connectivity index (χ1v) is 11.6. The molecule has 2 heterocycles. The van der Waals surface area contributed by atoms with Gasteiger partial charge in [-0.1, -0.05) is 6.92 Å². The van der Waals surface area contributed by atoms with E-state index in [1.54, 1.807) is 29.2 Å². The number of piperazine rings is 1. The second-order valence-electron chi connectivity index (χ2n) is 7.67. The first-order valence-electron chi connectivity index (χ1n) is 10.1. The smallest absolute Gasteiger partial charge is 0.243 e. The molecule has 7 nitrogen and oxygen atoms in total. The van der Waals surface area contributed by atoms with E-state index in [0.717, 1.165) is 19.5 Å². The average molecular weight is 410 g/mol. The van der Waals surface area contributed by atoms with Crippen molar-refractivity contribution in [2.45, 2.75) is 31.6 Å². The number of carbonyl (C=O) groups is 1. The Labute approximate surface area is 168 Å². The Balaban J connectivity index is 1.54. The first kappa shape index (κ1) is 21.1. The largest absolute Gasteiger partial charge is 0.494 e. The molecule has 2 aliphatic rings. The third kappa shape index (κ3) is 5.04. The summed E-state index contributed by atoms with van der Waals surface area (Å²) in [6.45, 7) is 8.58. The Morgan fingerprint density at radius 3 is 2.39 bits per heavy atom. The molecule has 1 aromatic rings. The number of piperidine rings is 1. The second-order valence-corrected chi connectivity index (χ2v) is 9.61. The quantitative estimate of drug-likeness (QED) is 0.715. The SMILES string of the molecule is CCOc1ccc(S(=O)(=O)N2CCN(C(=O)CN3CCC[C@@H](C)C3)CC2)cc1. The summed E-state index contributed by atoms with van der Waals surface area (Å²) < 4.78 is 32.6. The monoisotopic (exact) mass is 409 g/mol. The van der Waals surface area contributed by atoms with Crippen molar-refractivity contribution in [2.24, 2.45) is 5.92 Å². The average Bonchev–Trinajstić information content (AvgIpc) is 2.69. The van der Waals surface area contributed by atoms with Crippen LogP contribution in [0.15, 0.2) is 29.2 Å². The van der Waals surface area contributed by atoms with E-state index in [1.165, 1.54) is 10.7 Å². The van der Waals surface area contributed by atoms with E-state index >= 15 is 0 Å². The van der Waals surface area contributed by atoms with E-state index in [1.807, 2.05) is 6.92 Å². The molecule has 2 aliphatic heterocycles. The Morgan fingerprint density at radius 1 is 1.11 bits per heavy atom. The van der Waals surface area contributed by atoms with Crippen LogP contribution in [0.4, 0.5) is 0 Å². The third-order valence-electron chi connectivity index (χ3n) is 5.46. The van der Waals surface area contributed by atoms with Gasteiger partial charge in [-0.2, -0.15) is 4.31 Å². The zero-order chi connectivity index (χ0) is 20.1. The summed E-state index contributed by atoms with van der Waals surface area (Å²) >= 11 is 0. The molecule has 156 valence electrons. The number of likely N-dealkylation sites (tertiary alicyclic amines) is 1. The molecule has 0 aliphatic carbocycles. The highest BCUT2D eigenvalue weighted by Gasteiger charge is 2.31. The third-order valence-corrected chi connectivity index (χ3v) is 7.38. The summed E-state index contributed by atoms with van der Waals surface area (Å²) in [5, 5.41) is 0. The molecular weight excluding hydrogens is 378 g/mol. The maximum absolute atomic E-state index is 12.9. The van der Waals surface area contributed by atoms with Gasteiger partial charge in [0.15, 0.2) is 0 Å². The van der Waals surface area contributed by atoms with Crippen molar-refractivity contribution in [3.8, 4) is 5.75 Å². The van der Waals surface area contributed by atoms with Crippen LogP contribution in [0.3, 0.4) is 0 Å². The number of ether oxygens (including phenoxy) is 1. The highest BCUT2D eigenvalue weighted by Crippen LogP contribution is 2.21. The molecule has 2 fully saturated rings. The standard InChI is InChI=1S/C20H31N3O4S/c1-3-27-18-6-8-19(9-7-18)28(25,26)23-13-11-22(12-14-23)20(24)16-21-10-4-5-17(2)15-21/h6-9,17H,3-5,10-16H2,1-2H3/t17-/m1/s1. The van der Waals surface area contributed by atoms with Crippen LogP contribution in [-0.2, 0) is 14.8 Å². The van der Waals surface area contributed by atoms with Gasteiger partial charge in [0.25, 0.3) is 0 Å². The van der Waals surface area contributed by atoms with Crippen LogP contribution < -0.4 is 4.74 Å². The van der Waals surface area contributed by atoms with Crippen molar-refractivity contribution in [1.82, 2.24) is 14.1 Å². The lowest BCUT2D eigenvalue weighted by molar-refractivity contribution is -0.134. The number of hydrogen-bond donors (Lipinski definition) is 0. The zero-order valence-electron chi connectivity index (χ0n) is 16.8. The van der Waals surface area contributed by atoms with Crippen LogP contribution in [0.2, 0.25) is 0 Å². The number of amides is 1. The van der Waals surface area contributed by atoms with Gasteiger partial charge in [-0.05, 0) is 56.5 Å². The topological polar surface area (TPSA) is 70.2 Å². The lowest BCUT2D eigenvalue weighted by atomic mass is 10.0. The van der Waals surface area contributed by atoms with E-state index in [-0.39, 0.29) is 10.8 Å². The Hall–Kier alpha value is -1.64. The number of rotatable bonds is 6.